The van der Waals surface area contributed by atoms with Crippen LogP contribution in [0.4, 0.5) is 21.6 Å². The van der Waals surface area contributed by atoms with Gasteiger partial charge < -0.3 is 15.5 Å². The molecular formula is C25H27FN6O2. The first kappa shape index (κ1) is 23.3. The SMILES string of the molecule is CC(=O)Nc1cc(F)cc(Nc2cc(-c3cccnc3)nc([C@@H]3CC[C@H](C)N(C(C)=O)C3)n2)c1. The van der Waals surface area contributed by atoms with E-state index in [9.17, 15) is 14.0 Å². The van der Waals surface area contributed by atoms with Gasteiger partial charge in [0.15, 0.2) is 0 Å². The third-order valence-electron chi connectivity index (χ3n) is 5.84. The van der Waals surface area contributed by atoms with Crippen LogP contribution in [0.25, 0.3) is 11.3 Å². The van der Waals surface area contributed by atoms with Crippen molar-refractivity contribution in [1.29, 1.82) is 0 Å². The third-order valence-corrected chi connectivity index (χ3v) is 5.84. The number of piperidine rings is 1. The summed E-state index contributed by atoms with van der Waals surface area (Å²) in [5, 5.41) is 5.74. The van der Waals surface area contributed by atoms with Crippen molar-refractivity contribution >= 4 is 29.0 Å². The molecule has 1 saturated heterocycles. The second-order valence-electron chi connectivity index (χ2n) is 8.57. The van der Waals surface area contributed by atoms with Gasteiger partial charge in [-0.25, -0.2) is 14.4 Å². The summed E-state index contributed by atoms with van der Waals surface area (Å²) < 4.78 is 14.2. The molecule has 0 spiro atoms. The van der Waals surface area contributed by atoms with Gasteiger partial charge in [0.2, 0.25) is 11.8 Å². The molecule has 0 aliphatic carbocycles. The molecule has 9 heteroatoms. The number of pyridine rings is 1. The number of hydrogen-bond donors (Lipinski definition) is 2. The van der Waals surface area contributed by atoms with E-state index in [2.05, 4.69) is 15.6 Å². The average Bonchev–Trinajstić information content (AvgIpc) is 2.78. The normalized spacial score (nSPS) is 17.8. The Morgan fingerprint density at radius 3 is 2.59 bits per heavy atom. The van der Waals surface area contributed by atoms with Gasteiger partial charge in [0, 0.05) is 67.8 Å². The van der Waals surface area contributed by atoms with Gasteiger partial charge in [0.05, 0.1) is 5.69 Å². The molecule has 0 bridgehead atoms. The molecule has 3 aromatic rings. The molecule has 1 aromatic carbocycles. The lowest BCUT2D eigenvalue weighted by Gasteiger charge is -2.37. The van der Waals surface area contributed by atoms with Crippen molar-refractivity contribution in [3.63, 3.8) is 0 Å². The largest absolute Gasteiger partial charge is 0.340 e. The molecule has 34 heavy (non-hydrogen) atoms. The first-order valence-electron chi connectivity index (χ1n) is 11.2. The highest BCUT2D eigenvalue weighted by Crippen LogP contribution is 2.31. The Kier molecular flexibility index (Phi) is 6.81. The minimum Gasteiger partial charge on any atom is -0.340 e. The van der Waals surface area contributed by atoms with Gasteiger partial charge in [-0.15, -0.1) is 0 Å². The average molecular weight is 463 g/mol. The van der Waals surface area contributed by atoms with E-state index in [4.69, 9.17) is 9.97 Å². The lowest BCUT2D eigenvalue weighted by atomic mass is 9.92. The summed E-state index contributed by atoms with van der Waals surface area (Å²) in [7, 11) is 0. The molecule has 2 amide bonds. The van der Waals surface area contributed by atoms with Crippen LogP contribution in [0.15, 0.2) is 48.8 Å². The van der Waals surface area contributed by atoms with Gasteiger partial charge in [-0.2, -0.15) is 0 Å². The van der Waals surface area contributed by atoms with Crippen LogP contribution in [-0.4, -0.2) is 44.3 Å². The number of anilines is 3. The van der Waals surface area contributed by atoms with Crippen LogP contribution in [-0.2, 0) is 9.59 Å². The lowest BCUT2D eigenvalue weighted by molar-refractivity contribution is -0.132. The summed E-state index contributed by atoms with van der Waals surface area (Å²) in [6.07, 6.45) is 5.12. The van der Waals surface area contributed by atoms with Crippen molar-refractivity contribution < 1.29 is 14.0 Å². The van der Waals surface area contributed by atoms with E-state index in [1.165, 1.54) is 19.1 Å². The Balaban J connectivity index is 1.71. The van der Waals surface area contributed by atoms with Crippen molar-refractivity contribution in [1.82, 2.24) is 19.9 Å². The fourth-order valence-electron chi connectivity index (χ4n) is 4.22. The number of aromatic nitrogens is 3. The number of halogens is 1. The van der Waals surface area contributed by atoms with Crippen molar-refractivity contribution in [2.45, 2.75) is 45.6 Å². The van der Waals surface area contributed by atoms with E-state index in [-0.39, 0.29) is 23.8 Å². The molecule has 176 valence electrons. The maximum absolute atomic E-state index is 14.2. The van der Waals surface area contributed by atoms with Crippen LogP contribution in [0.1, 0.15) is 45.4 Å². The molecule has 4 rings (SSSR count). The van der Waals surface area contributed by atoms with Crippen LogP contribution in [0.5, 0.6) is 0 Å². The van der Waals surface area contributed by atoms with Gasteiger partial charge in [0.25, 0.3) is 0 Å². The quantitative estimate of drug-likeness (QED) is 0.579. The molecule has 3 heterocycles. The maximum atomic E-state index is 14.2. The van der Waals surface area contributed by atoms with Crippen molar-refractivity contribution in [2.75, 3.05) is 17.2 Å². The van der Waals surface area contributed by atoms with E-state index in [1.807, 2.05) is 24.0 Å². The number of likely N-dealkylation sites (tertiary alicyclic amines) is 1. The number of nitrogens with zero attached hydrogens (tertiary/aromatic N) is 4. The Morgan fingerprint density at radius 1 is 1.09 bits per heavy atom. The van der Waals surface area contributed by atoms with E-state index >= 15 is 0 Å². The maximum Gasteiger partial charge on any atom is 0.221 e. The summed E-state index contributed by atoms with van der Waals surface area (Å²) in [5.41, 5.74) is 2.27. The zero-order valence-corrected chi connectivity index (χ0v) is 19.4. The van der Waals surface area contributed by atoms with Gasteiger partial charge in [-0.3, -0.25) is 14.6 Å². The number of amides is 2. The predicted octanol–water partition coefficient (Wildman–Crippen LogP) is 4.49. The van der Waals surface area contributed by atoms with Crippen LogP contribution in [0, 0.1) is 5.82 Å². The second-order valence-corrected chi connectivity index (χ2v) is 8.57. The number of rotatable bonds is 5. The van der Waals surface area contributed by atoms with Crippen LogP contribution < -0.4 is 10.6 Å². The molecule has 2 aromatic heterocycles. The monoisotopic (exact) mass is 462 g/mol. The first-order valence-corrected chi connectivity index (χ1v) is 11.2. The molecule has 1 fully saturated rings. The van der Waals surface area contributed by atoms with Crippen molar-refractivity contribution in [2.24, 2.45) is 0 Å². The fraction of sp³-hybridized carbons (Fsp3) is 0.320. The van der Waals surface area contributed by atoms with Crippen LogP contribution in [0.3, 0.4) is 0 Å². The van der Waals surface area contributed by atoms with E-state index in [0.29, 0.717) is 35.3 Å². The van der Waals surface area contributed by atoms with Crippen molar-refractivity contribution in [3.05, 3.63) is 60.4 Å². The molecule has 2 N–H and O–H groups in total. The second kappa shape index (κ2) is 9.94. The summed E-state index contributed by atoms with van der Waals surface area (Å²) in [5.74, 6) is 0.316. The molecular weight excluding hydrogens is 435 g/mol. The minimum absolute atomic E-state index is 0.0280. The Labute approximate surface area is 197 Å². The number of benzene rings is 1. The van der Waals surface area contributed by atoms with E-state index < -0.39 is 5.82 Å². The Bertz CT molecular complexity index is 1200. The van der Waals surface area contributed by atoms with Gasteiger partial charge >= 0.3 is 0 Å². The van der Waals surface area contributed by atoms with E-state index in [1.54, 1.807) is 31.5 Å². The molecule has 8 nitrogen and oxygen atoms in total. The van der Waals surface area contributed by atoms with Crippen LogP contribution in [0.2, 0.25) is 0 Å². The number of carbonyl (C=O) groups excluding carboxylic acids is 2. The zero-order valence-electron chi connectivity index (χ0n) is 19.4. The summed E-state index contributed by atoms with van der Waals surface area (Å²) in [6.45, 7) is 5.53. The molecule has 0 radical (unpaired) electrons. The smallest absolute Gasteiger partial charge is 0.221 e. The van der Waals surface area contributed by atoms with Gasteiger partial charge in [0.1, 0.15) is 17.5 Å². The first-order chi connectivity index (χ1) is 16.3. The predicted molar refractivity (Wildman–Crippen MR) is 128 cm³/mol. The lowest BCUT2D eigenvalue weighted by Crippen LogP contribution is -2.44. The third kappa shape index (κ3) is 5.54. The number of nitrogens with one attached hydrogen (secondary N) is 2. The number of hydrogen-bond acceptors (Lipinski definition) is 6. The zero-order chi connectivity index (χ0) is 24.2. The molecule has 1 aliphatic rings. The highest BCUT2D eigenvalue weighted by Gasteiger charge is 2.30. The number of carbonyl (C=O) groups is 2. The summed E-state index contributed by atoms with van der Waals surface area (Å²) in [4.78, 5) is 39.1. The Morgan fingerprint density at radius 2 is 1.88 bits per heavy atom. The van der Waals surface area contributed by atoms with Gasteiger partial charge in [-0.05, 0) is 50.1 Å². The van der Waals surface area contributed by atoms with Crippen LogP contribution >= 0.6 is 0 Å². The van der Waals surface area contributed by atoms with E-state index in [0.717, 1.165) is 18.4 Å². The molecule has 0 saturated carbocycles. The minimum atomic E-state index is -0.492. The van der Waals surface area contributed by atoms with Crippen molar-refractivity contribution in [3.8, 4) is 11.3 Å². The topological polar surface area (TPSA) is 100 Å². The Hall–Kier alpha value is -3.88. The standard InChI is InChI=1S/C25H27FN6O2/c1-15-6-7-19(14-32(15)17(3)34)25-30-23(18-5-4-8-27-13-18)12-24(31-25)29-22-10-20(26)9-21(11-22)28-16(2)33/h4-5,8-13,15,19H,6-7,14H2,1-3H3,(H,28,33)(H,29,30,31)/t15-,19+/m0/s1. The summed E-state index contributed by atoms with van der Waals surface area (Å²) in [6, 6.07) is 9.90. The molecule has 2 atom stereocenters. The fourth-order valence-corrected chi connectivity index (χ4v) is 4.22. The molecule has 0 unspecified atom stereocenters. The van der Waals surface area contributed by atoms with Gasteiger partial charge in [-0.1, -0.05) is 0 Å². The molecule has 1 aliphatic heterocycles. The highest BCUT2D eigenvalue weighted by atomic mass is 19.1. The highest BCUT2D eigenvalue weighted by molar-refractivity contribution is 5.89. The summed E-state index contributed by atoms with van der Waals surface area (Å²) >= 11 is 0.